The Morgan fingerprint density at radius 3 is 2.37 bits per heavy atom. The first-order chi connectivity index (χ1) is 14.3. The Morgan fingerprint density at radius 2 is 1.70 bits per heavy atom. The van der Waals surface area contributed by atoms with Crippen LogP contribution in [0, 0.1) is 25.2 Å². The van der Waals surface area contributed by atoms with Gasteiger partial charge in [-0.3, -0.25) is 9.52 Å². The molecule has 0 bridgehead atoms. The predicted molar refractivity (Wildman–Crippen MR) is 117 cm³/mol. The number of anilines is 2. The highest BCUT2D eigenvalue weighted by Gasteiger charge is 2.18. The van der Waals surface area contributed by atoms with Crippen LogP contribution in [-0.4, -0.2) is 14.3 Å². The zero-order chi connectivity index (χ0) is 21.7. The second-order valence-corrected chi connectivity index (χ2v) is 8.62. The van der Waals surface area contributed by atoms with E-state index in [9.17, 15) is 13.2 Å². The van der Waals surface area contributed by atoms with Gasteiger partial charge >= 0.3 is 0 Å². The van der Waals surface area contributed by atoms with Crippen molar-refractivity contribution in [2.24, 2.45) is 0 Å². The number of benzene rings is 3. The fourth-order valence-corrected chi connectivity index (χ4v) is 4.01. The normalized spacial score (nSPS) is 10.8. The summed E-state index contributed by atoms with van der Waals surface area (Å²) in [6.07, 6.45) is 0.293. The topological polar surface area (TPSA) is 99.1 Å². The van der Waals surface area contributed by atoms with E-state index < -0.39 is 15.9 Å². The van der Waals surface area contributed by atoms with Crippen molar-refractivity contribution in [1.82, 2.24) is 0 Å². The summed E-state index contributed by atoms with van der Waals surface area (Å²) in [5.41, 5.74) is 3.72. The van der Waals surface area contributed by atoms with E-state index in [0.717, 1.165) is 11.1 Å². The molecule has 0 aromatic heterocycles. The van der Waals surface area contributed by atoms with Gasteiger partial charge in [0.15, 0.2) is 0 Å². The lowest BCUT2D eigenvalue weighted by atomic mass is 10.1. The molecular weight excluding hydrogens is 398 g/mol. The molecule has 3 rings (SSSR count). The first-order valence-corrected chi connectivity index (χ1v) is 10.7. The molecule has 0 fully saturated rings. The van der Waals surface area contributed by atoms with Gasteiger partial charge in [-0.1, -0.05) is 30.3 Å². The number of carbonyl (C=O) groups excluding carboxylic acids is 1. The van der Waals surface area contributed by atoms with Gasteiger partial charge in [0.2, 0.25) is 0 Å². The van der Waals surface area contributed by atoms with Gasteiger partial charge in [0.05, 0.1) is 17.4 Å². The Morgan fingerprint density at radius 1 is 0.967 bits per heavy atom. The van der Waals surface area contributed by atoms with E-state index in [-0.39, 0.29) is 10.5 Å². The van der Waals surface area contributed by atoms with Crippen LogP contribution in [0.5, 0.6) is 0 Å². The number of nitriles is 1. The number of amides is 1. The molecule has 0 aliphatic carbocycles. The van der Waals surface area contributed by atoms with Crippen molar-refractivity contribution in [3.63, 3.8) is 0 Å². The Balaban J connectivity index is 1.83. The number of nitrogens with zero attached hydrogens (tertiary/aromatic N) is 1. The molecule has 0 heterocycles. The largest absolute Gasteiger partial charge is 0.322 e. The molecule has 152 valence electrons. The van der Waals surface area contributed by atoms with Crippen LogP contribution in [0.4, 0.5) is 11.4 Å². The average molecular weight is 420 g/mol. The molecule has 0 aliphatic rings. The molecule has 30 heavy (non-hydrogen) atoms. The summed E-state index contributed by atoms with van der Waals surface area (Å²) in [5, 5.41) is 11.5. The summed E-state index contributed by atoms with van der Waals surface area (Å²) in [5.74, 6) is -0.409. The number of nitrogens with one attached hydrogen (secondary N) is 2. The van der Waals surface area contributed by atoms with Crippen molar-refractivity contribution in [3.8, 4) is 6.07 Å². The summed E-state index contributed by atoms with van der Waals surface area (Å²) in [6, 6.07) is 20.5. The average Bonchev–Trinajstić information content (AvgIpc) is 2.69. The lowest BCUT2D eigenvalue weighted by Gasteiger charge is -2.12. The molecule has 3 aromatic carbocycles. The fourth-order valence-electron chi connectivity index (χ4n) is 2.93. The standard InChI is InChI=1S/C23H21N3O3S/c1-16-4-3-5-20(14-16)26-30(28,29)21-11-6-17(2)22(15-21)23(27)25-19-9-7-18(8-10-19)12-13-24/h3-11,14-15,26H,12H2,1-2H3,(H,25,27). The van der Waals surface area contributed by atoms with Gasteiger partial charge in [0, 0.05) is 16.9 Å². The third kappa shape index (κ3) is 5.04. The molecule has 0 unspecified atom stereocenters. The van der Waals surface area contributed by atoms with Gasteiger partial charge < -0.3 is 5.32 Å². The summed E-state index contributed by atoms with van der Waals surface area (Å²) in [7, 11) is -3.85. The highest BCUT2D eigenvalue weighted by molar-refractivity contribution is 7.92. The van der Waals surface area contributed by atoms with Crippen LogP contribution in [0.15, 0.2) is 71.6 Å². The van der Waals surface area contributed by atoms with Crippen LogP contribution < -0.4 is 10.0 Å². The lowest BCUT2D eigenvalue weighted by molar-refractivity contribution is 0.102. The molecular formula is C23H21N3O3S. The van der Waals surface area contributed by atoms with E-state index >= 15 is 0 Å². The van der Waals surface area contributed by atoms with Crippen molar-refractivity contribution in [2.45, 2.75) is 25.2 Å². The Kier molecular flexibility index (Phi) is 6.19. The van der Waals surface area contributed by atoms with Gasteiger partial charge in [-0.15, -0.1) is 0 Å². The molecule has 1 amide bonds. The zero-order valence-corrected chi connectivity index (χ0v) is 17.5. The van der Waals surface area contributed by atoms with E-state index in [0.29, 0.717) is 23.4 Å². The maximum Gasteiger partial charge on any atom is 0.261 e. The number of aryl methyl sites for hydroxylation is 2. The maximum atomic E-state index is 12.8. The van der Waals surface area contributed by atoms with Crippen LogP contribution in [0.2, 0.25) is 0 Å². The number of hydrogen-bond acceptors (Lipinski definition) is 4. The zero-order valence-electron chi connectivity index (χ0n) is 16.6. The third-order valence-electron chi connectivity index (χ3n) is 4.53. The van der Waals surface area contributed by atoms with E-state index in [1.54, 1.807) is 55.5 Å². The molecule has 6 nitrogen and oxygen atoms in total. The number of carbonyl (C=O) groups is 1. The molecule has 0 radical (unpaired) electrons. The van der Waals surface area contributed by atoms with Crippen molar-refractivity contribution in [1.29, 1.82) is 5.26 Å². The van der Waals surface area contributed by atoms with E-state index in [2.05, 4.69) is 16.1 Å². The third-order valence-corrected chi connectivity index (χ3v) is 5.91. The van der Waals surface area contributed by atoms with Gasteiger partial charge in [-0.05, 0) is 66.9 Å². The second-order valence-electron chi connectivity index (χ2n) is 6.94. The molecule has 3 aromatic rings. The smallest absolute Gasteiger partial charge is 0.261 e. The Bertz CT molecular complexity index is 1230. The Hall–Kier alpha value is -3.63. The maximum absolute atomic E-state index is 12.8. The predicted octanol–water partition coefficient (Wildman–Crippen LogP) is 4.42. The number of rotatable bonds is 6. The van der Waals surface area contributed by atoms with Crippen LogP contribution in [0.3, 0.4) is 0 Å². The monoisotopic (exact) mass is 419 g/mol. The first-order valence-electron chi connectivity index (χ1n) is 9.26. The van der Waals surface area contributed by atoms with E-state index in [4.69, 9.17) is 5.26 Å². The summed E-state index contributed by atoms with van der Waals surface area (Å²) < 4.78 is 28.1. The van der Waals surface area contributed by atoms with Gasteiger partial charge in [-0.25, -0.2) is 8.42 Å². The highest BCUT2D eigenvalue weighted by Crippen LogP contribution is 2.21. The summed E-state index contributed by atoms with van der Waals surface area (Å²) in [4.78, 5) is 12.8. The molecule has 0 spiro atoms. The molecule has 0 saturated heterocycles. The summed E-state index contributed by atoms with van der Waals surface area (Å²) >= 11 is 0. The van der Waals surface area contributed by atoms with Crippen LogP contribution in [0.1, 0.15) is 27.0 Å². The first kappa shape index (κ1) is 21.1. The van der Waals surface area contributed by atoms with Gasteiger partial charge in [0.25, 0.3) is 15.9 Å². The minimum atomic E-state index is -3.85. The minimum Gasteiger partial charge on any atom is -0.322 e. The number of hydrogen-bond donors (Lipinski definition) is 2. The SMILES string of the molecule is Cc1cccc(NS(=O)(=O)c2ccc(C)c(C(=O)Nc3ccc(CC#N)cc3)c2)c1. The van der Waals surface area contributed by atoms with Crippen LogP contribution in [-0.2, 0) is 16.4 Å². The quantitative estimate of drug-likeness (QED) is 0.618. The number of sulfonamides is 1. The highest BCUT2D eigenvalue weighted by atomic mass is 32.2. The van der Waals surface area contributed by atoms with Gasteiger partial charge in [0.1, 0.15) is 0 Å². The Labute approximate surface area is 176 Å². The van der Waals surface area contributed by atoms with Crippen LogP contribution in [0.25, 0.3) is 0 Å². The van der Waals surface area contributed by atoms with Crippen molar-refractivity contribution in [3.05, 3.63) is 89.0 Å². The van der Waals surface area contributed by atoms with Crippen LogP contribution >= 0.6 is 0 Å². The van der Waals surface area contributed by atoms with Crippen molar-refractivity contribution < 1.29 is 13.2 Å². The van der Waals surface area contributed by atoms with Crippen molar-refractivity contribution in [2.75, 3.05) is 10.0 Å². The molecule has 0 saturated carbocycles. The van der Waals surface area contributed by atoms with E-state index in [1.165, 1.54) is 12.1 Å². The lowest BCUT2D eigenvalue weighted by Crippen LogP contribution is -2.17. The van der Waals surface area contributed by atoms with Gasteiger partial charge in [-0.2, -0.15) is 5.26 Å². The fraction of sp³-hybridized carbons (Fsp3) is 0.130. The second kappa shape index (κ2) is 8.80. The molecule has 0 atom stereocenters. The van der Waals surface area contributed by atoms with E-state index in [1.807, 2.05) is 13.0 Å². The van der Waals surface area contributed by atoms with Crippen molar-refractivity contribution >= 4 is 27.3 Å². The minimum absolute atomic E-state index is 0.00382. The molecule has 2 N–H and O–H groups in total. The molecule has 7 heteroatoms. The molecule has 0 aliphatic heterocycles. The summed E-state index contributed by atoms with van der Waals surface area (Å²) in [6.45, 7) is 3.62.